The van der Waals surface area contributed by atoms with Gasteiger partial charge < -0.3 is 5.11 Å². The van der Waals surface area contributed by atoms with Crippen LogP contribution >= 0.6 is 11.8 Å². The molecule has 0 aliphatic rings. The third-order valence-electron chi connectivity index (χ3n) is 2.63. The maximum absolute atomic E-state index is 13.5. The molecule has 1 aromatic carbocycles. The maximum Gasteiger partial charge on any atom is 0.208 e. The summed E-state index contributed by atoms with van der Waals surface area (Å²) in [6.45, 7) is 2.07. The molecule has 0 spiro atoms. The number of hydrogen-bond acceptors (Lipinski definition) is 4. The first kappa shape index (κ1) is 14.0. The van der Waals surface area contributed by atoms with Gasteiger partial charge in [-0.3, -0.25) is 5.10 Å². The molecule has 0 unspecified atom stereocenters. The Morgan fingerprint density at radius 3 is 2.95 bits per heavy atom. The minimum atomic E-state index is -0.862. The molecule has 2 N–H and O–H groups in total. The highest BCUT2D eigenvalue weighted by atomic mass is 32.2. The fourth-order valence-electron chi connectivity index (χ4n) is 1.68. The fraction of sp³-hybridized carbons (Fsp3) is 0.385. The summed E-state index contributed by atoms with van der Waals surface area (Å²) >= 11 is 1.31. The van der Waals surface area contributed by atoms with Crippen LogP contribution in [0.3, 0.4) is 0 Å². The van der Waals surface area contributed by atoms with E-state index in [-0.39, 0.29) is 0 Å². The minimum Gasteiger partial charge on any atom is -0.387 e. The first-order valence-corrected chi connectivity index (χ1v) is 7.15. The topological polar surface area (TPSA) is 61.8 Å². The molecule has 6 heteroatoms. The number of rotatable bonds is 6. The molecule has 1 heterocycles. The second kappa shape index (κ2) is 6.68. The van der Waals surface area contributed by atoms with Gasteiger partial charge in [0.1, 0.15) is 11.6 Å². The number of aliphatic hydroxyl groups is 1. The summed E-state index contributed by atoms with van der Waals surface area (Å²) < 4.78 is 13.5. The summed E-state index contributed by atoms with van der Waals surface area (Å²) in [7, 11) is 0. The van der Waals surface area contributed by atoms with Crippen LogP contribution in [0.15, 0.2) is 29.4 Å². The van der Waals surface area contributed by atoms with Crippen LogP contribution < -0.4 is 0 Å². The van der Waals surface area contributed by atoms with Gasteiger partial charge >= 0.3 is 0 Å². The van der Waals surface area contributed by atoms with Crippen LogP contribution in [0.5, 0.6) is 0 Å². The van der Waals surface area contributed by atoms with E-state index in [0.717, 1.165) is 18.7 Å². The van der Waals surface area contributed by atoms with Crippen molar-refractivity contribution in [2.75, 3.05) is 5.75 Å². The number of aromatic nitrogens is 3. The molecule has 102 valence electrons. The van der Waals surface area contributed by atoms with Crippen molar-refractivity contribution >= 4 is 11.8 Å². The predicted octanol–water partition coefficient (Wildman–Crippen LogP) is 2.72. The summed E-state index contributed by atoms with van der Waals surface area (Å²) in [6.07, 6.45) is 0.986. The lowest BCUT2D eigenvalue weighted by molar-refractivity contribution is 0.199. The smallest absolute Gasteiger partial charge is 0.208 e. The van der Waals surface area contributed by atoms with Gasteiger partial charge in [0.15, 0.2) is 0 Å². The van der Waals surface area contributed by atoms with Gasteiger partial charge in [-0.1, -0.05) is 36.9 Å². The molecule has 0 aliphatic heterocycles. The summed E-state index contributed by atoms with van der Waals surface area (Å²) in [5.74, 6) is 0.771. The number of benzene rings is 1. The van der Waals surface area contributed by atoms with Crippen LogP contribution in [0.1, 0.15) is 30.8 Å². The van der Waals surface area contributed by atoms with Crippen molar-refractivity contribution in [3.8, 4) is 0 Å². The van der Waals surface area contributed by atoms with Gasteiger partial charge in [-0.2, -0.15) is 0 Å². The van der Waals surface area contributed by atoms with E-state index in [2.05, 4.69) is 22.1 Å². The molecule has 0 saturated heterocycles. The van der Waals surface area contributed by atoms with Gasteiger partial charge in [-0.15, -0.1) is 5.10 Å². The van der Waals surface area contributed by atoms with E-state index in [1.54, 1.807) is 18.2 Å². The van der Waals surface area contributed by atoms with E-state index in [1.807, 2.05) is 0 Å². The minimum absolute atomic E-state index is 0.305. The van der Waals surface area contributed by atoms with Crippen molar-refractivity contribution in [2.45, 2.75) is 31.0 Å². The normalized spacial score (nSPS) is 12.6. The SMILES string of the molecule is CCCc1nc(SC[C@@H](O)c2ccccc2F)n[nH]1. The lowest BCUT2D eigenvalue weighted by Crippen LogP contribution is -2.03. The largest absolute Gasteiger partial charge is 0.387 e. The van der Waals surface area contributed by atoms with Gasteiger partial charge in [0.2, 0.25) is 5.16 Å². The third-order valence-corrected chi connectivity index (χ3v) is 3.56. The number of nitrogens with zero attached hydrogens (tertiary/aromatic N) is 2. The summed E-state index contributed by atoms with van der Waals surface area (Å²) in [5, 5.41) is 17.4. The summed E-state index contributed by atoms with van der Waals surface area (Å²) in [4.78, 5) is 4.28. The molecule has 0 saturated carbocycles. The zero-order chi connectivity index (χ0) is 13.7. The number of nitrogens with one attached hydrogen (secondary N) is 1. The number of halogens is 1. The van der Waals surface area contributed by atoms with Crippen molar-refractivity contribution in [1.29, 1.82) is 0 Å². The Kier molecular flexibility index (Phi) is 4.93. The molecule has 0 aliphatic carbocycles. The first-order chi connectivity index (χ1) is 9.20. The highest BCUT2D eigenvalue weighted by Gasteiger charge is 2.14. The lowest BCUT2D eigenvalue weighted by Gasteiger charge is -2.09. The van der Waals surface area contributed by atoms with Crippen LogP contribution in [-0.2, 0) is 6.42 Å². The number of H-pyrrole nitrogens is 1. The quantitative estimate of drug-likeness (QED) is 0.799. The number of aromatic amines is 1. The molecule has 0 fully saturated rings. The van der Waals surface area contributed by atoms with E-state index < -0.39 is 11.9 Å². The average Bonchev–Trinajstić information content (AvgIpc) is 2.85. The van der Waals surface area contributed by atoms with E-state index in [0.29, 0.717) is 16.5 Å². The Hall–Kier alpha value is -1.40. The standard InChI is InChI=1S/C13H16FN3OS/c1-2-5-12-15-13(17-16-12)19-8-11(18)9-6-3-4-7-10(9)14/h3-4,6-7,11,18H,2,5,8H2,1H3,(H,15,16,17)/t11-/m1/s1. The predicted molar refractivity (Wildman–Crippen MR) is 72.5 cm³/mol. The van der Waals surface area contributed by atoms with Crippen LogP contribution in [0, 0.1) is 5.82 Å². The maximum atomic E-state index is 13.5. The second-order valence-electron chi connectivity index (χ2n) is 4.16. The van der Waals surface area contributed by atoms with Gasteiger partial charge in [0.05, 0.1) is 6.10 Å². The zero-order valence-electron chi connectivity index (χ0n) is 10.6. The molecule has 1 atom stereocenters. The Morgan fingerprint density at radius 1 is 1.42 bits per heavy atom. The van der Waals surface area contributed by atoms with Gasteiger partial charge in [-0.05, 0) is 12.5 Å². The first-order valence-electron chi connectivity index (χ1n) is 6.17. The lowest BCUT2D eigenvalue weighted by atomic mass is 10.1. The Labute approximate surface area is 115 Å². The van der Waals surface area contributed by atoms with E-state index in [4.69, 9.17) is 0 Å². The fourth-order valence-corrected chi connectivity index (χ4v) is 2.45. The highest BCUT2D eigenvalue weighted by molar-refractivity contribution is 7.99. The van der Waals surface area contributed by atoms with Crippen molar-refractivity contribution in [3.05, 3.63) is 41.5 Å². The van der Waals surface area contributed by atoms with Crippen molar-refractivity contribution < 1.29 is 9.50 Å². The highest BCUT2D eigenvalue weighted by Crippen LogP contribution is 2.23. The molecule has 2 rings (SSSR count). The molecule has 1 aromatic heterocycles. The molecule has 2 aromatic rings. The van der Waals surface area contributed by atoms with E-state index >= 15 is 0 Å². The van der Waals surface area contributed by atoms with Crippen LogP contribution in [-0.4, -0.2) is 26.0 Å². The molecule has 19 heavy (non-hydrogen) atoms. The van der Waals surface area contributed by atoms with Crippen molar-refractivity contribution in [1.82, 2.24) is 15.2 Å². The van der Waals surface area contributed by atoms with Crippen molar-refractivity contribution in [3.63, 3.8) is 0 Å². The van der Waals surface area contributed by atoms with E-state index in [1.165, 1.54) is 17.8 Å². The number of aryl methyl sites for hydroxylation is 1. The molecule has 0 amide bonds. The molecule has 0 radical (unpaired) electrons. The number of aliphatic hydroxyl groups excluding tert-OH is 1. The Morgan fingerprint density at radius 2 is 2.21 bits per heavy atom. The monoisotopic (exact) mass is 281 g/mol. The Bertz CT molecular complexity index is 532. The van der Waals surface area contributed by atoms with Crippen LogP contribution in [0.25, 0.3) is 0 Å². The zero-order valence-corrected chi connectivity index (χ0v) is 11.5. The summed E-state index contributed by atoms with van der Waals surface area (Å²) in [5.41, 5.74) is 0.305. The molecular weight excluding hydrogens is 265 g/mol. The van der Waals surface area contributed by atoms with Crippen LogP contribution in [0.4, 0.5) is 4.39 Å². The number of hydrogen-bond donors (Lipinski definition) is 2. The van der Waals surface area contributed by atoms with Gasteiger partial charge in [-0.25, -0.2) is 9.37 Å². The van der Waals surface area contributed by atoms with E-state index in [9.17, 15) is 9.50 Å². The second-order valence-corrected chi connectivity index (χ2v) is 5.15. The third kappa shape index (κ3) is 3.78. The van der Waals surface area contributed by atoms with Gasteiger partial charge in [0.25, 0.3) is 0 Å². The average molecular weight is 281 g/mol. The van der Waals surface area contributed by atoms with Crippen LogP contribution in [0.2, 0.25) is 0 Å². The summed E-state index contributed by atoms with van der Waals surface area (Å²) in [6, 6.07) is 6.24. The molecule has 0 bridgehead atoms. The van der Waals surface area contributed by atoms with Crippen molar-refractivity contribution in [2.24, 2.45) is 0 Å². The number of thioether (sulfide) groups is 1. The van der Waals surface area contributed by atoms with Gasteiger partial charge in [0, 0.05) is 17.7 Å². The molecule has 4 nitrogen and oxygen atoms in total. The molecular formula is C13H16FN3OS. The Balaban J connectivity index is 1.92.